The van der Waals surface area contributed by atoms with Crippen LogP contribution < -0.4 is 10.7 Å². The molecule has 0 radical (unpaired) electrons. The number of nitrogens with one attached hydrogen (secondary N) is 2. The highest BCUT2D eigenvalue weighted by molar-refractivity contribution is 6.42. The Bertz CT molecular complexity index is 859. The minimum Gasteiger partial charge on any atom is -0.316 e. The molecule has 0 saturated heterocycles. The van der Waals surface area contributed by atoms with E-state index in [-0.39, 0.29) is 5.69 Å². The molecule has 1 aliphatic rings. The van der Waals surface area contributed by atoms with Gasteiger partial charge in [0.25, 0.3) is 0 Å². The molecule has 0 aromatic heterocycles. The highest BCUT2D eigenvalue weighted by Crippen LogP contribution is 2.31. The molecule has 2 aromatic carbocycles. The summed E-state index contributed by atoms with van der Waals surface area (Å²) in [6.07, 6.45) is 3.54. The lowest BCUT2D eigenvalue weighted by Gasteiger charge is -2.23. The summed E-state index contributed by atoms with van der Waals surface area (Å²) in [5.74, 6) is -1.18. The van der Waals surface area contributed by atoms with Crippen molar-refractivity contribution >= 4 is 46.4 Å². The minimum atomic E-state index is -0.846. The fourth-order valence-corrected chi connectivity index (χ4v) is 3.41. The zero-order chi connectivity index (χ0) is 19.2. The second-order valence-corrected chi connectivity index (χ2v) is 7.23. The van der Waals surface area contributed by atoms with Gasteiger partial charge in [-0.05, 0) is 55.4 Å². The summed E-state index contributed by atoms with van der Waals surface area (Å²) in [5.41, 5.74) is 4.82. The summed E-state index contributed by atoms with van der Waals surface area (Å²) in [6, 6.07) is 15.0. The zero-order valence-electron chi connectivity index (χ0n) is 14.5. The molecule has 0 aliphatic heterocycles. The van der Waals surface area contributed by atoms with Gasteiger partial charge in [-0.3, -0.25) is 9.59 Å². The van der Waals surface area contributed by atoms with Crippen molar-refractivity contribution in [2.75, 3.05) is 5.32 Å². The van der Waals surface area contributed by atoms with Crippen molar-refractivity contribution in [2.24, 2.45) is 5.10 Å². The average molecular weight is 404 g/mol. The Morgan fingerprint density at radius 1 is 0.963 bits per heavy atom. The van der Waals surface area contributed by atoms with Crippen molar-refractivity contribution in [2.45, 2.75) is 31.6 Å². The van der Waals surface area contributed by atoms with E-state index in [1.54, 1.807) is 12.1 Å². The van der Waals surface area contributed by atoms with E-state index in [1.807, 2.05) is 18.2 Å². The van der Waals surface area contributed by atoms with Crippen molar-refractivity contribution in [3.8, 4) is 0 Å². The lowest BCUT2D eigenvalue weighted by atomic mass is 9.83. The van der Waals surface area contributed by atoms with Crippen LogP contribution in [0.5, 0.6) is 0 Å². The zero-order valence-corrected chi connectivity index (χ0v) is 16.1. The Morgan fingerprint density at radius 3 is 2.37 bits per heavy atom. The van der Waals surface area contributed by atoms with Crippen molar-refractivity contribution in [1.82, 2.24) is 5.43 Å². The monoisotopic (exact) mass is 403 g/mol. The maximum Gasteiger partial charge on any atom is 0.329 e. The lowest BCUT2D eigenvalue weighted by Crippen LogP contribution is -2.33. The molecular weight excluding hydrogens is 385 g/mol. The van der Waals surface area contributed by atoms with Crippen LogP contribution in [0.3, 0.4) is 0 Å². The maximum absolute atomic E-state index is 12.0. The van der Waals surface area contributed by atoms with Gasteiger partial charge in [-0.1, -0.05) is 53.5 Å². The van der Waals surface area contributed by atoms with E-state index in [0.29, 0.717) is 16.0 Å². The van der Waals surface area contributed by atoms with Gasteiger partial charge < -0.3 is 5.32 Å². The highest BCUT2D eigenvalue weighted by atomic mass is 35.5. The highest BCUT2D eigenvalue weighted by Gasteiger charge is 2.20. The normalized spacial score (nSPS) is 16.5. The lowest BCUT2D eigenvalue weighted by molar-refractivity contribution is -0.136. The molecule has 0 atom stereocenters. The standard InChI is InChI=1S/C20H19Cl2N3O2/c21-15-8-11-17(22)18(12-15)23-19(26)20(27)25-24-16-9-6-14(7-10-16)13-4-2-1-3-5-13/h1-5,8,11-12,14H,6-7,9-10H2,(H,23,26)(H,25,27). The minimum absolute atomic E-state index is 0.278. The summed E-state index contributed by atoms with van der Waals surface area (Å²) in [4.78, 5) is 24.0. The number of benzene rings is 2. The van der Waals surface area contributed by atoms with Gasteiger partial charge in [0, 0.05) is 10.7 Å². The fourth-order valence-electron chi connectivity index (χ4n) is 3.07. The molecule has 0 spiro atoms. The van der Waals surface area contributed by atoms with Crippen LogP contribution in [-0.4, -0.2) is 17.5 Å². The van der Waals surface area contributed by atoms with Crippen LogP contribution in [0.1, 0.15) is 37.2 Å². The summed E-state index contributed by atoms with van der Waals surface area (Å²) in [7, 11) is 0. The number of hydrogen-bond donors (Lipinski definition) is 2. The number of hydrazone groups is 1. The molecular formula is C20H19Cl2N3O2. The van der Waals surface area contributed by atoms with Crippen LogP contribution >= 0.6 is 23.2 Å². The van der Waals surface area contributed by atoms with Gasteiger partial charge in [0.15, 0.2) is 0 Å². The van der Waals surface area contributed by atoms with Crippen LogP contribution in [0.4, 0.5) is 5.69 Å². The first-order valence-corrected chi connectivity index (χ1v) is 9.45. The summed E-state index contributed by atoms with van der Waals surface area (Å²) in [5, 5.41) is 7.25. The largest absolute Gasteiger partial charge is 0.329 e. The van der Waals surface area contributed by atoms with Crippen molar-refractivity contribution in [1.29, 1.82) is 0 Å². The molecule has 1 saturated carbocycles. The van der Waals surface area contributed by atoms with Crippen LogP contribution in [0.25, 0.3) is 0 Å². The van der Waals surface area contributed by atoms with Gasteiger partial charge in [0.2, 0.25) is 0 Å². The molecule has 0 bridgehead atoms. The Kier molecular flexibility index (Phi) is 6.48. The third-order valence-corrected chi connectivity index (χ3v) is 5.10. The summed E-state index contributed by atoms with van der Waals surface area (Å²) >= 11 is 11.8. The van der Waals surface area contributed by atoms with E-state index in [4.69, 9.17) is 23.2 Å². The molecule has 5 nitrogen and oxygen atoms in total. The van der Waals surface area contributed by atoms with Gasteiger partial charge in [-0.15, -0.1) is 0 Å². The van der Waals surface area contributed by atoms with Crippen LogP contribution in [0.2, 0.25) is 10.0 Å². The topological polar surface area (TPSA) is 70.6 Å². The molecule has 2 N–H and O–H groups in total. The van der Waals surface area contributed by atoms with Gasteiger partial charge in [0.1, 0.15) is 0 Å². The number of amides is 2. The second-order valence-electron chi connectivity index (χ2n) is 6.38. The van der Waals surface area contributed by atoms with Crippen LogP contribution in [0, 0.1) is 0 Å². The molecule has 1 aliphatic carbocycles. The number of carbonyl (C=O) groups is 2. The molecule has 2 aromatic rings. The number of anilines is 1. The maximum atomic E-state index is 12.0. The van der Waals surface area contributed by atoms with Crippen molar-refractivity contribution < 1.29 is 9.59 Å². The number of hydrogen-bond acceptors (Lipinski definition) is 3. The van der Waals surface area contributed by atoms with E-state index in [9.17, 15) is 9.59 Å². The summed E-state index contributed by atoms with van der Waals surface area (Å²) < 4.78 is 0. The van der Waals surface area contributed by atoms with Crippen molar-refractivity contribution in [3.05, 3.63) is 64.1 Å². The van der Waals surface area contributed by atoms with Gasteiger partial charge in [-0.2, -0.15) is 5.10 Å². The third-order valence-electron chi connectivity index (χ3n) is 4.53. The number of rotatable bonds is 3. The molecule has 1 fully saturated rings. The predicted octanol–water partition coefficient (Wildman–Crippen LogP) is 4.76. The number of carbonyl (C=O) groups excluding carboxylic acids is 2. The fraction of sp³-hybridized carbons (Fsp3) is 0.250. The van der Waals surface area contributed by atoms with Gasteiger partial charge >= 0.3 is 11.8 Å². The molecule has 0 unspecified atom stereocenters. The third kappa shape index (κ3) is 5.31. The molecule has 0 heterocycles. The Morgan fingerprint density at radius 2 is 1.67 bits per heavy atom. The van der Waals surface area contributed by atoms with Crippen LogP contribution in [-0.2, 0) is 9.59 Å². The first kappa shape index (κ1) is 19.4. The Labute approximate surface area is 167 Å². The van der Waals surface area contributed by atoms with Gasteiger partial charge in [0.05, 0.1) is 10.7 Å². The van der Waals surface area contributed by atoms with Crippen LogP contribution in [0.15, 0.2) is 53.6 Å². The Balaban J connectivity index is 1.51. The smallest absolute Gasteiger partial charge is 0.316 e. The van der Waals surface area contributed by atoms with E-state index >= 15 is 0 Å². The van der Waals surface area contributed by atoms with E-state index < -0.39 is 11.8 Å². The van der Waals surface area contributed by atoms with E-state index in [0.717, 1.165) is 31.4 Å². The van der Waals surface area contributed by atoms with E-state index in [2.05, 4.69) is 28.0 Å². The quantitative estimate of drug-likeness (QED) is 0.572. The average Bonchev–Trinajstić information content (AvgIpc) is 2.70. The molecule has 27 heavy (non-hydrogen) atoms. The molecule has 2 amide bonds. The first-order valence-electron chi connectivity index (χ1n) is 8.69. The van der Waals surface area contributed by atoms with Crippen molar-refractivity contribution in [3.63, 3.8) is 0 Å². The first-order chi connectivity index (χ1) is 13.0. The predicted molar refractivity (Wildman–Crippen MR) is 108 cm³/mol. The molecule has 7 heteroatoms. The second kappa shape index (κ2) is 9.02. The Hall–Kier alpha value is -2.37. The SMILES string of the molecule is O=C(NN=C1CCC(c2ccccc2)CC1)C(=O)Nc1cc(Cl)ccc1Cl. The van der Waals surface area contributed by atoms with E-state index in [1.165, 1.54) is 11.6 Å². The molecule has 140 valence electrons. The summed E-state index contributed by atoms with van der Waals surface area (Å²) in [6.45, 7) is 0. The van der Waals surface area contributed by atoms with Gasteiger partial charge in [-0.25, -0.2) is 5.43 Å². The molecule has 3 rings (SSSR count). The number of nitrogens with zero attached hydrogens (tertiary/aromatic N) is 1. The number of halogens is 2.